The van der Waals surface area contributed by atoms with Crippen molar-refractivity contribution in [3.05, 3.63) is 22.8 Å². The summed E-state index contributed by atoms with van der Waals surface area (Å²) in [5.74, 6) is -0.754. The van der Waals surface area contributed by atoms with Gasteiger partial charge in [-0.1, -0.05) is 57.4 Å². The molecular formula is C30H46O4. The van der Waals surface area contributed by atoms with E-state index in [2.05, 4.69) is 40.7 Å². The van der Waals surface area contributed by atoms with Crippen LogP contribution in [-0.2, 0) is 9.59 Å². The van der Waals surface area contributed by atoms with Crippen molar-refractivity contribution in [2.75, 3.05) is 0 Å². The molecule has 2 saturated carbocycles. The molecule has 4 nitrogen and oxygen atoms in total. The molecular weight excluding hydrogens is 424 g/mol. The molecule has 4 aliphatic rings. The van der Waals surface area contributed by atoms with E-state index >= 15 is 0 Å². The Morgan fingerprint density at radius 2 is 1.74 bits per heavy atom. The number of hydrogen-bond donors (Lipinski definition) is 2. The summed E-state index contributed by atoms with van der Waals surface area (Å²) in [4.78, 5) is 25.3. The van der Waals surface area contributed by atoms with Gasteiger partial charge in [-0.3, -0.25) is 9.59 Å². The lowest BCUT2D eigenvalue weighted by atomic mass is 9.43. The zero-order valence-electron chi connectivity index (χ0n) is 22.5. The van der Waals surface area contributed by atoms with Crippen LogP contribution in [0.1, 0.15) is 106 Å². The summed E-state index contributed by atoms with van der Waals surface area (Å²) >= 11 is 0. The molecule has 7 atom stereocenters. The Morgan fingerprint density at radius 1 is 1.06 bits per heavy atom. The van der Waals surface area contributed by atoms with E-state index in [0.717, 1.165) is 38.5 Å². The summed E-state index contributed by atoms with van der Waals surface area (Å²) < 4.78 is 0. The van der Waals surface area contributed by atoms with E-state index < -0.39 is 18.0 Å². The van der Waals surface area contributed by atoms with E-state index in [9.17, 15) is 19.8 Å². The summed E-state index contributed by atoms with van der Waals surface area (Å²) in [6.07, 6.45) is 8.98. The Balaban J connectivity index is 1.74. The van der Waals surface area contributed by atoms with Crippen molar-refractivity contribution in [2.24, 2.45) is 39.4 Å². The van der Waals surface area contributed by atoms with Crippen molar-refractivity contribution in [1.29, 1.82) is 0 Å². The zero-order chi connectivity index (χ0) is 25.3. The Bertz CT molecular complexity index is 937. The molecule has 0 radical (unpaired) electrons. The molecule has 4 aliphatic carbocycles. The summed E-state index contributed by atoms with van der Waals surface area (Å²) in [7, 11) is 0. The van der Waals surface area contributed by atoms with Crippen LogP contribution < -0.4 is 0 Å². The predicted octanol–water partition coefficient (Wildman–Crippen LogP) is 6.72. The Kier molecular flexibility index (Phi) is 6.28. The van der Waals surface area contributed by atoms with Gasteiger partial charge in [0.2, 0.25) is 0 Å². The molecule has 0 aromatic carbocycles. The normalized spacial score (nSPS) is 41.9. The van der Waals surface area contributed by atoms with Gasteiger partial charge in [0.25, 0.3) is 0 Å². The highest BCUT2D eigenvalue weighted by Gasteiger charge is 2.66. The molecule has 1 unspecified atom stereocenters. The zero-order valence-corrected chi connectivity index (χ0v) is 22.5. The number of carbonyl (C=O) groups is 2. The number of aliphatic hydroxyl groups excluding tert-OH is 1. The first kappa shape index (κ1) is 25.7. The maximum absolute atomic E-state index is 12.8. The molecule has 0 spiro atoms. The van der Waals surface area contributed by atoms with Crippen LogP contribution in [0.3, 0.4) is 0 Å². The molecule has 0 heterocycles. The van der Waals surface area contributed by atoms with Crippen molar-refractivity contribution >= 4 is 11.8 Å². The van der Waals surface area contributed by atoms with Crippen LogP contribution in [0.2, 0.25) is 0 Å². The minimum atomic E-state index is -0.764. The second kappa shape index (κ2) is 8.32. The fraction of sp³-hybridized carbons (Fsp3) is 0.800. The molecule has 0 aliphatic heterocycles. The van der Waals surface area contributed by atoms with Crippen molar-refractivity contribution in [2.45, 2.75) is 112 Å². The number of carboxylic acids is 1. The highest BCUT2D eigenvalue weighted by atomic mass is 16.4. The number of rotatable bonds is 5. The van der Waals surface area contributed by atoms with E-state index in [1.54, 1.807) is 5.57 Å². The molecule has 4 heteroatoms. The lowest BCUT2D eigenvalue weighted by molar-refractivity contribution is -0.149. The number of Topliss-reactive ketones (excluding diaryl/α,β-unsaturated/α-hetero) is 1. The minimum Gasteiger partial charge on any atom is -0.481 e. The van der Waals surface area contributed by atoms with E-state index in [4.69, 9.17) is 0 Å². The SMILES string of the molecule is CC(C)=CCC[C@H](C(=O)O)[C@H]1[C@H](O)C[C@@]2(C)C3=C(CC[C@]12C)[C@@]1(C)CCC(=O)C(C)(C)C1CC3. The quantitative estimate of drug-likeness (QED) is 0.437. The number of aliphatic hydroxyl groups is 1. The third-order valence-electron chi connectivity index (χ3n) is 11.3. The summed E-state index contributed by atoms with van der Waals surface area (Å²) in [5.41, 5.74) is 3.59. The number of hydrogen-bond acceptors (Lipinski definition) is 3. The second-order valence-electron chi connectivity index (χ2n) is 13.5. The monoisotopic (exact) mass is 470 g/mol. The number of carboxylic acid groups (broad SMARTS) is 1. The summed E-state index contributed by atoms with van der Waals surface area (Å²) in [5, 5.41) is 21.7. The van der Waals surface area contributed by atoms with Crippen LogP contribution >= 0.6 is 0 Å². The van der Waals surface area contributed by atoms with Gasteiger partial charge in [-0.25, -0.2) is 0 Å². The first-order valence-corrected chi connectivity index (χ1v) is 13.5. The standard InChI is InChI=1S/C30H46O4/c1-18(2)9-8-10-19(26(33)34)25-22(31)17-30(7)21-11-12-23-27(3,4)24(32)14-15-28(23,5)20(21)13-16-29(25,30)6/h9,19,22-23,25,31H,8,10-17H2,1-7H3,(H,33,34)/t19-,22+,23?,25-,28+,29+,30-/m0/s1. The summed E-state index contributed by atoms with van der Waals surface area (Å²) in [6, 6.07) is 0. The van der Waals surface area contributed by atoms with Crippen molar-refractivity contribution in [1.82, 2.24) is 0 Å². The van der Waals surface area contributed by atoms with Gasteiger partial charge in [0.1, 0.15) is 5.78 Å². The summed E-state index contributed by atoms with van der Waals surface area (Å²) in [6.45, 7) is 15.4. The maximum atomic E-state index is 12.8. The second-order valence-corrected chi connectivity index (χ2v) is 13.5. The van der Waals surface area contributed by atoms with Crippen LogP contribution in [0.15, 0.2) is 22.8 Å². The van der Waals surface area contributed by atoms with Crippen LogP contribution in [-0.4, -0.2) is 28.1 Å². The van der Waals surface area contributed by atoms with Gasteiger partial charge in [-0.15, -0.1) is 0 Å². The topological polar surface area (TPSA) is 74.6 Å². The predicted molar refractivity (Wildman–Crippen MR) is 135 cm³/mol. The van der Waals surface area contributed by atoms with Gasteiger partial charge >= 0.3 is 5.97 Å². The molecule has 2 N–H and O–H groups in total. The Labute approximate surface area is 206 Å². The molecule has 0 aromatic rings. The maximum Gasteiger partial charge on any atom is 0.306 e. The number of fused-ring (bicyclic) bond motifs is 4. The number of aliphatic carboxylic acids is 1. The van der Waals surface area contributed by atoms with E-state index in [-0.39, 0.29) is 27.6 Å². The molecule has 0 bridgehead atoms. The number of ketones is 1. The van der Waals surface area contributed by atoms with Crippen LogP contribution in [0.5, 0.6) is 0 Å². The first-order chi connectivity index (χ1) is 15.7. The molecule has 34 heavy (non-hydrogen) atoms. The number of carbonyl (C=O) groups excluding carboxylic acids is 1. The molecule has 0 amide bonds. The van der Waals surface area contributed by atoms with Crippen molar-refractivity contribution < 1.29 is 19.8 Å². The average Bonchev–Trinajstić information content (AvgIpc) is 2.94. The average molecular weight is 471 g/mol. The van der Waals surface area contributed by atoms with Crippen LogP contribution in [0.4, 0.5) is 0 Å². The fourth-order valence-electron chi connectivity index (χ4n) is 9.32. The van der Waals surface area contributed by atoms with E-state index in [1.807, 2.05) is 13.8 Å². The largest absolute Gasteiger partial charge is 0.481 e. The molecule has 0 aromatic heterocycles. The molecule has 190 valence electrons. The van der Waals surface area contributed by atoms with Gasteiger partial charge in [0, 0.05) is 17.8 Å². The van der Waals surface area contributed by atoms with E-state index in [0.29, 0.717) is 31.0 Å². The third kappa shape index (κ3) is 3.49. The van der Waals surface area contributed by atoms with Gasteiger partial charge in [-0.05, 0) is 87.4 Å². The lowest BCUT2D eigenvalue weighted by Crippen LogP contribution is -2.54. The highest BCUT2D eigenvalue weighted by Crippen LogP contribution is 2.72. The highest BCUT2D eigenvalue weighted by molar-refractivity contribution is 5.85. The van der Waals surface area contributed by atoms with Gasteiger partial charge < -0.3 is 10.2 Å². The molecule has 2 fully saturated rings. The van der Waals surface area contributed by atoms with Crippen molar-refractivity contribution in [3.63, 3.8) is 0 Å². The van der Waals surface area contributed by atoms with Gasteiger partial charge in [0.05, 0.1) is 12.0 Å². The molecule has 0 saturated heterocycles. The van der Waals surface area contributed by atoms with Crippen LogP contribution in [0, 0.1) is 39.4 Å². The van der Waals surface area contributed by atoms with Gasteiger partial charge in [0.15, 0.2) is 0 Å². The fourth-order valence-corrected chi connectivity index (χ4v) is 9.32. The Hall–Kier alpha value is -1.42. The van der Waals surface area contributed by atoms with Crippen molar-refractivity contribution in [3.8, 4) is 0 Å². The number of allylic oxidation sites excluding steroid dienone is 4. The lowest BCUT2D eigenvalue weighted by Gasteiger charge is -2.60. The Morgan fingerprint density at radius 3 is 2.35 bits per heavy atom. The van der Waals surface area contributed by atoms with Gasteiger partial charge in [-0.2, -0.15) is 0 Å². The third-order valence-corrected chi connectivity index (χ3v) is 11.3. The first-order valence-electron chi connectivity index (χ1n) is 13.5. The molecule has 4 rings (SSSR count). The smallest absolute Gasteiger partial charge is 0.306 e. The van der Waals surface area contributed by atoms with Crippen LogP contribution in [0.25, 0.3) is 0 Å². The van der Waals surface area contributed by atoms with E-state index in [1.165, 1.54) is 11.1 Å². The minimum absolute atomic E-state index is 0.0357.